The van der Waals surface area contributed by atoms with Crippen LogP contribution in [-0.4, -0.2) is 28.6 Å². The summed E-state index contributed by atoms with van der Waals surface area (Å²) in [6, 6.07) is 0. The van der Waals surface area contributed by atoms with Gasteiger partial charge in [-0.2, -0.15) is 8.42 Å². The van der Waals surface area contributed by atoms with Crippen LogP contribution in [0.4, 0.5) is 0 Å². The van der Waals surface area contributed by atoms with Crippen LogP contribution < -0.4 is 5.73 Å². The Bertz CT molecular complexity index is 346. The molecule has 3 unspecified atom stereocenters. The lowest BCUT2D eigenvalue weighted by molar-refractivity contribution is 0.151. The molecule has 0 heterocycles. The average Bonchev–Trinajstić information content (AvgIpc) is 1.97. The van der Waals surface area contributed by atoms with Crippen LogP contribution >= 0.6 is 16.5 Å². The molecule has 0 aliphatic heterocycles. The van der Waals surface area contributed by atoms with E-state index in [2.05, 4.69) is 8.83 Å². The van der Waals surface area contributed by atoms with Crippen molar-refractivity contribution in [2.75, 3.05) is 0 Å². The predicted molar refractivity (Wildman–Crippen MR) is 56.6 cm³/mol. The SMILES string of the molecule is CC(C)C(N)O[P+](=O)O[P+](=O)O.O=S(=O)(O)O. The fraction of sp³-hybridized carbons (Fsp3) is 1.00. The Morgan fingerprint density at radius 1 is 1.24 bits per heavy atom. The van der Waals surface area contributed by atoms with Crippen molar-refractivity contribution < 1.29 is 40.4 Å². The maximum atomic E-state index is 10.6. The van der Waals surface area contributed by atoms with Crippen molar-refractivity contribution >= 4 is 26.9 Å². The lowest BCUT2D eigenvalue weighted by Crippen LogP contribution is -2.27. The monoisotopic (exact) mass is 313 g/mol. The second kappa shape index (κ2) is 8.92. The predicted octanol–water partition coefficient (Wildman–Crippen LogP) is 0.615. The zero-order chi connectivity index (χ0) is 14.2. The summed E-state index contributed by atoms with van der Waals surface area (Å²) in [6.45, 7) is 3.51. The molecule has 0 fully saturated rings. The van der Waals surface area contributed by atoms with Crippen molar-refractivity contribution in [1.29, 1.82) is 0 Å². The minimum Gasteiger partial charge on any atom is -0.302 e. The molecule has 5 N–H and O–H groups in total. The van der Waals surface area contributed by atoms with Gasteiger partial charge in [0.25, 0.3) is 0 Å². The Balaban J connectivity index is 0. The van der Waals surface area contributed by atoms with Gasteiger partial charge in [0.2, 0.25) is 0 Å². The van der Waals surface area contributed by atoms with E-state index in [-0.39, 0.29) is 5.92 Å². The Morgan fingerprint density at radius 2 is 1.59 bits per heavy atom. The van der Waals surface area contributed by atoms with E-state index in [9.17, 15) is 9.13 Å². The number of nitrogens with two attached hydrogens (primary N) is 1. The van der Waals surface area contributed by atoms with Gasteiger partial charge in [-0.05, 0) is 5.92 Å². The van der Waals surface area contributed by atoms with Gasteiger partial charge in [0.15, 0.2) is 10.5 Å². The quantitative estimate of drug-likeness (QED) is 0.320. The highest BCUT2D eigenvalue weighted by Gasteiger charge is 2.39. The van der Waals surface area contributed by atoms with Crippen LogP contribution in [0.2, 0.25) is 0 Å². The molecule has 3 atom stereocenters. The number of hydrogen-bond acceptors (Lipinski definition) is 7. The highest BCUT2D eigenvalue weighted by atomic mass is 32.3. The maximum absolute atomic E-state index is 10.6. The summed E-state index contributed by atoms with van der Waals surface area (Å²) in [5.41, 5.74) is 5.33. The van der Waals surface area contributed by atoms with Crippen molar-refractivity contribution in [2.24, 2.45) is 11.7 Å². The number of rotatable bonds is 5. The lowest BCUT2D eigenvalue weighted by atomic mass is 10.2. The minimum absolute atomic E-state index is 0.0378. The van der Waals surface area contributed by atoms with E-state index in [0.29, 0.717) is 0 Å². The van der Waals surface area contributed by atoms with Crippen LogP contribution in [0, 0.1) is 5.92 Å². The van der Waals surface area contributed by atoms with Crippen molar-refractivity contribution in [2.45, 2.75) is 20.1 Å². The van der Waals surface area contributed by atoms with E-state index < -0.39 is 33.1 Å². The van der Waals surface area contributed by atoms with E-state index in [4.69, 9.17) is 28.2 Å². The van der Waals surface area contributed by atoms with Gasteiger partial charge in [0, 0.05) is 9.13 Å². The minimum atomic E-state index is -4.67. The zero-order valence-corrected chi connectivity index (χ0v) is 11.4. The standard InChI is InChI=1S/C4H10NO5P2.H2O4S/c1-3(2)4(5)9-12(8)10-11(6)7;1-5(2,3)4/h3-4H,5H2,1-2H3;(H2,1,2,3,4)/q+1;/p+1. The topological polar surface area (TPSA) is 173 Å². The Morgan fingerprint density at radius 3 is 1.82 bits per heavy atom. The summed E-state index contributed by atoms with van der Waals surface area (Å²) in [5.74, 6) is -0.0378. The zero-order valence-electron chi connectivity index (χ0n) is 8.83. The fourth-order valence-electron chi connectivity index (χ4n) is 0.297. The van der Waals surface area contributed by atoms with Crippen LogP contribution in [0.3, 0.4) is 0 Å². The molecule has 0 spiro atoms. The molecule has 0 aliphatic carbocycles. The first-order valence-corrected chi connectivity index (χ1v) is 7.49. The summed E-state index contributed by atoms with van der Waals surface area (Å²) < 4.78 is 60.7. The average molecular weight is 313 g/mol. The van der Waals surface area contributed by atoms with Gasteiger partial charge in [0.05, 0.1) is 0 Å². The van der Waals surface area contributed by atoms with Gasteiger partial charge in [-0.1, -0.05) is 18.4 Å². The van der Waals surface area contributed by atoms with Gasteiger partial charge in [-0.15, -0.1) is 4.89 Å². The largest absolute Gasteiger partial charge is 0.749 e. The van der Waals surface area contributed by atoms with Crippen LogP contribution in [0.15, 0.2) is 0 Å². The van der Waals surface area contributed by atoms with E-state index in [1.807, 2.05) is 0 Å². The molecular formula is C4H13NO9P2S+2. The normalized spacial score (nSPS) is 14.8. The second-order valence-corrected chi connectivity index (χ2v) is 5.49. The van der Waals surface area contributed by atoms with Crippen molar-refractivity contribution in [1.82, 2.24) is 0 Å². The molecule has 0 saturated heterocycles. The highest BCUT2D eigenvalue weighted by molar-refractivity contribution is 7.79. The Labute approximate surface area is 99.6 Å². The van der Waals surface area contributed by atoms with Crippen LogP contribution in [-0.2, 0) is 28.4 Å². The van der Waals surface area contributed by atoms with Crippen molar-refractivity contribution in [3.05, 3.63) is 0 Å². The van der Waals surface area contributed by atoms with Crippen molar-refractivity contribution in [3.63, 3.8) is 0 Å². The summed E-state index contributed by atoms with van der Waals surface area (Å²) in [5, 5.41) is 0. The molecule has 13 heteroatoms. The summed E-state index contributed by atoms with van der Waals surface area (Å²) >= 11 is 0. The molecule has 0 amide bonds. The molecule has 0 aromatic heterocycles. The third-order valence-electron chi connectivity index (χ3n) is 1.00. The Kier molecular flexibility index (Phi) is 10.1. The molecule has 0 radical (unpaired) electrons. The maximum Gasteiger partial charge on any atom is 0.749 e. The highest BCUT2D eigenvalue weighted by Crippen LogP contribution is 2.37. The molecule has 0 aliphatic rings. The molecule has 102 valence electrons. The molecule has 0 aromatic carbocycles. The molecule has 0 aromatic rings. The van der Waals surface area contributed by atoms with Gasteiger partial charge >= 0.3 is 26.9 Å². The third kappa shape index (κ3) is 21.7. The fourth-order valence-corrected chi connectivity index (χ4v) is 1.35. The van der Waals surface area contributed by atoms with E-state index in [1.165, 1.54) is 0 Å². The van der Waals surface area contributed by atoms with E-state index in [0.717, 1.165) is 0 Å². The van der Waals surface area contributed by atoms with Gasteiger partial charge in [-0.3, -0.25) is 9.11 Å². The summed E-state index contributed by atoms with van der Waals surface area (Å²) in [7, 11) is -10.2. The van der Waals surface area contributed by atoms with E-state index in [1.54, 1.807) is 13.8 Å². The molecule has 0 bridgehead atoms. The summed E-state index contributed by atoms with van der Waals surface area (Å²) in [6.07, 6.45) is -0.761. The molecule has 10 nitrogen and oxygen atoms in total. The smallest absolute Gasteiger partial charge is 0.302 e. The summed E-state index contributed by atoms with van der Waals surface area (Å²) in [4.78, 5) is 8.16. The lowest BCUT2D eigenvalue weighted by Gasteiger charge is -2.05. The van der Waals surface area contributed by atoms with Gasteiger partial charge in [-0.25, -0.2) is 0 Å². The molecule has 17 heavy (non-hydrogen) atoms. The first kappa shape index (κ1) is 19.3. The Hall–Kier alpha value is -0.0900. The third-order valence-corrected chi connectivity index (χ3v) is 2.51. The van der Waals surface area contributed by atoms with Crippen molar-refractivity contribution in [3.8, 4) is 0 Å². The molecule has 0 saturated carbocycles. The number of hydrogen-bond donors (Lipinski definition) is 4. The van der Waals surface area contributed by atoms with Gasteiger partial charge < -0.3 is 5.73 Å². The van der Waals surface area contributed by atoms with Crippen LogP contribution in [0.5, 0.6) is 0 Å². The van der Waals surface area contributed by atoms with Crippen LogP contribution in [0.25, 0.3) is 0 Å². The van der Waals surface area contributed by atoms with Crippen LogP contribution in [0.1, 0.15) is 13.8 Å². The first-order valence-electron chi connectivity index (χ1n) is 3.87. The van der Waals surface area contributed by atoms with E-state index >= 15 is 0 Å². The second-order valence-electron chi connectivity index (χ2n) is 2.80. The van der Waals surface area contributed by atoms with Gasteiger partial charge in [0.1, 0.15) is 0 Å². The first-order chi connectivity index (χ1) is 7.43. The molecular weight excluding hydrogens is 300 g/mol. The molecule has 0 rings (SSSR count).